The second-order valence-electron chi connectivity index (χ2n) is 5.18. The average molecular weight is 229 g/mol. The van der Waals surface area contributed by atoms with Crippen LogP contribution in [0.3, 0.4) is 0 Å². The molecule has 0 unspecified atom stereocenters. The van der Waals surface area contributed by atoms with Crippen molar-refractivity contribution in [1.82, 2.24) is 5.43 Å². The molecule has 0 aliphatic heterocycles. The number of para-hydroxylation sites is 1. The molecule has 2 aliphatic carbocycles. The summed E-state index contributed by atoms with van der Waals surface area (Å²) in [6.07, 6.45) is 5.38. The Balaban J connectivity index is 1.83. The van der Waals surface area contributed by atoms with Gasteiger partial charge in [0.15, 0.2) is 0 Å². The third kappa shape index (κ3) is 2.50. The van der Waals surface area contributed by atoms with Crippen molar-refractivity contribution in [2.24, 2.45) is 28.6 Å². The van der Waals surface area contributed by atoms with Gasteiger partial charge in [0, 0.05) is 5.92 Å². The molecule has 0 heterocycles. The van der Waals surface area contributed by atoms with Crippen molar-refractivity contribution >= 4 is 11.5 Å². The molecule has 17 heavy (non-hydrogen) atoms. The van der Waals surface area contributed by atoms with E-state index < -0.39 is 0 Å². The van der Waals surface area contributed by atoms with Gasteiger partial charge in [0.05, 0.1) is 5.69 Å². The number of nitrogens with zero attached hydrogens (tertiary/aromatic N) is 1. The minimum Gasteiger partial charge on any atom is -0.312 e. The lowest BCUT2D eigenvalue weighted by Gasteiger charge is -2.17. The van der Waals surface area contributed by atoms with Gasteiger partial charge in [0.25, 0.3) is 0 Å². The van der Waals surface area contributed by atoms with E-state index in [9.17, 15) is 0 Å². The number of aliphatic imine (C=N–C) groups is 1. The highest BCUT2D eigenvalue weighted by Gasteiger charge is 2.44. The summed E-state index contributed by atoms with van der Waals surface area (Å²) in [6.45, 7) is 0. The van der Waals surface area contributed by atoms with E-state index in [1.54, 1.807) is 0 Å². The zero-order valence-electron chi connectivity index (χ0n) is 9.97. The number of amidine groups is 1. The van der Waals surface area contributed by atoms with E-state index in [4.69, 9.17) is 5.84 Å². The lowest BCUT2D eigenvalue weighted by atomic mass is 9.96. The molecule has 0 aromatic heterocycles. The topological polar surface area (TPSA) is 50.4 Å². The smallest absolute Gasteiger partial charge is 0.120 e. The first-order valence-corrected chi connectivity index (χ1v) is 6.48. The molecule has 0 spiro atoms. The third-order valence-electron chi connectivity index (χ3n) is 3.73. The molecule has 3 heteroatoms. The van der Waals surface area contributed by atoms with Gasteiger partial charge in [-0.25, -0.2) is 10.8 Å². The Hall–Kier alpha value is -1.35. The molecule has 2 saturated carbocycles. The van der Waals surface area contributed by atoms with Crippen molar-refractivity contribution in [3.05, 3.63) is 30.3 Å². The Bertz CT molecular complexity index is 393. The standard InChI is InChI=1S/C14H19N3/c15-17-14(16-12-4-2-1-3-5-12)13(10-6-7-10)11-8-9-11/h1-5,10-11,13H,6-9,15H2,(H,16,17). The van der Waals surface area contributed by atoms with Crippen LogP contribution in [0.25, 0.3) is 0 Å². The number of hydrogen-bond acceptors (Lipinski definition) is 2. The van der Waals surface area contributed by atoms with E-state index in [-0.39, 0.29) is 0 Å². The van der Waals surface area contributed by atoms with Crippen molar-refractivity contribution in [3.63, 3.8) is 0 Å². The Kier molecular flexibility index (Phi) is 2.85. The Morgan fingerprint density at radius 2 is 1.71 bits per heavy atom. The van der Waals surface area contributed by atoms with Gasteiger partial charge in [-0.15, -0.1) is 0 Å². The van der Waals surface area contributed by atoms with Crippen LogP contribution in [0.5, 0.6) is 0 Å². The summed E-state index contributed by atoms with van der Waals surface area (Å²) in [5, 5.41) is 0. The number of rotatable bonds is 4. The van der Waals surface area contributed by atoms with Crippen molar-refractivity contribution in [1.29, 1.82) is 0 Å². The van der Waals surface area contributed by atoms with Crippen LogP contribution < -0.4 is 11.3 Å². The number of hydrazine groups is 1. The zero-order valence-corrected chi connectivity index (χ0v) is 9.97. The molecule has 1 aromatic rings. The van der Waals surface area contributed by atoms with Crippen molar-refractivity contribution < 1.29 is 0 Å². The fraction of sp³-hybridized carbons (Fsp3) is 0.500. The van der Waals surface area contributed by atoms with Gasteiger partial charge in [-0.2, -0.15) is 0 Å². The maximum atomic E-state index is 5.67. The van der Waals surface area contributed by atoms with E-state index in [1.807, 2.05) is 30.3 Å². The molecular formula is C14H19N3. The van der Waals surface area contributed by atoms with Crippen LogP contribution in [0, 0.1) is 17.8 Å². The number of nitrogens with two attached hydrogens (primary N) is 1. The molecule has 0 atom stereocenters. The van der Waals surface area contributed by atoms with Crippen LogP contribution in [-0.4, -0.2) is 5.84 Å². The molecule has 0 bridgehead atoms. The largest absolute Gasteiger partial charge is 0.312 e. The number of benzene rings is 1. The van der Waals surface area contributed by atoms with Crippen LogP contribution in [0.1, 0.15) is 25.7 Å². The van der Waals surface area contributed by atoms with Gasteiger partial charge in [-0.1, -0.05) is 18.2 Å². The van der Waals surface area contributed by atoms with E-state index in [0.717, 1.165) is 23.4 Å². The van der Waals surface area contributed by atoms with E-state index in [1.165, 1.54) is 25.7 Å². The molecule has 2 aliphatic rings. The molecule has 3 rings (SSSR count). The van der Waals surface area contributed by atoms with Crippen LogP contribution in [0.2, 0.25) is 0 Å². The summed E-state index contributed by atoms with van der Waals surface area (Å²) < 4.78 is 0. The van der Waals surface area contributed by atoms with Crippen molar-refractivity contribution in [2.45, 2.75) is 25.7 Å². The fourth-order valence-corrected chi connectivity index (χ4v) is 2.59. The molecule has 90 valence electrons. The Morgan fingerprint density at radius 3 is 2.18 bits per heavy atom. The second-order valence-corrected chi connectivity index (χ2v) is 5.18. The monoisotopic (exact) mass is 229 g/mol. The van der Waals surface area contributed by atoms with Gasteiger partial charge >= 0.3 is 0 Å². The van der Waals surface area contributed by atoms with Gasteiger partial charge in [0.2, 0.25) is 0 Å². The Morgan fingerprint density at radius 1 is 1.12 bits per heavy atom. The van der Waals surface area contributed by atoms with Gasteiger partial charge in [-0.3, -0.25) is 0 Å². The predicted octanol–water partition coefficient (Wildman–Crippen LogP) is 2.62. The molecular weight excluding hydrogens is 210 g/mol. The summed E-state index contributed by atoms with van der Waals surface area (Å²) in [7, 11) is 0. The lowest BCUT2D eigenvalue weighted by molar-refractivity contribution is 0.519. The van der Waals surface area contributed by atoms with E-state index in [2.05, 4.69) is 10.4 Å². The zero-order chi connectivity index (χ0) is 11.7. The van der Waals surface area contributed by atoms with Gasteiger partial charge < -0.3 is 5.43 Å². The number of nitrogens with one attached hydrogen (secondary N) is 1. The highest BCUT2D eigenvalue weighted by Crippen LogP contribution is 2.49. The van der Waals surface area contributed by atoms with E-state index in [0.29, 0.717) is 5.92 Å². The first kappa shape index (κ1) is 10.8. The van der Waals surface area contributed by atoms with Crippen LogP contribution in [0.4, 0.5) is 5.69 Å². The summed E-state index contributed by atoms with van der Waals surface area (Å²) in [5.74, 6) is 8.87. The quantitative estimate of drug-likeness (QED) is 0.361. The highest BCUT2D eigenvalue weighted by atomic mass is 15.3. The third-order valence-corrected chi connectivity index (χ3v) is 3.73. The SMILES string of the molecule is NNC(=Nc1ccccc1)C(C1CC1)C1CC1. The maximum absolute atomic E-state index is 5.67. The predicted molar refractivity (Wildman–Crippen MR) is 69.8 cm³/mol. The maximum Gasteiger partial charge on any atom is 0.120 e. The molecule has 3 nitrogen and oxygen atoms in total. The fourth-order valence-electron chi connectivity index (χ4n) is 2.59. The number of hydrogen-bond donors (Lipinski definition) is 2. The van der Waals surface area contributed by atoms with Gasteiger partial charge in [0.1, 0.15) is 5.84 Å². The minimum absolute atomic E-state index is 0.570. The first-order chi connectivity index (χ1) is 8.38. The van der Waals surface area contributed by atoms with Crippen LogP contribution >= 0.6 is 0 Å². The summed E-state index contributed by atoms with van der Waals surface area (Å²) >= 11 is 0. The second kappa shape index (κ2) is 4.49. The molecule has 0 amide bonds. The summed E-state index contributed by atoms with van der Waals surface area (Å²) in [6, 6.07) is 10.1. The average Bonchev–Trinajstić information content (AvgIpc) is 3.24. The molecule has 2 fully saturated rings. The van der Waals surface area contributed by atoms with Crippen molar-refractivity contribution in [3.8, 4) is 0 Å². The normalized spacial score (nSPS) is 20.7. The summed E-state index contributed by atoms with van der Waals surface area (Å²) in [4.78, 5) is 4.68. The van der Waals surface area contributed by atoms with Crippen molar-refractivity contribution in [2.75, 3.05) is 0 Å². The van der Waals surface area contributed by atoms with Gasteiger partial charge in [-0.05, 0) is 49.7 Å². The lowest BCUT2D eigenvalue weighted by Crippen LogP contribution is -2.38. The minimum atomic E-state index is 0.570. The molecule has 0 saturated heterocycles. The first-order valence-electron chi connectivity index (χ1n) is 6.48. The van der Waals surface area contributed by atoms with E-state index >= 15 is 0 Å². The molecule has 0 radical (unpaired) electrons. The van der Waals surface area contributed by atoms with Crippen LogP contribution in [0.15, 0.2) is 35.3 Å². The molecule has 1 aromatic carbocycles. The molecule has 3 N–H and O–H groups in total. The van der Waals surface area contributed by atoms with Crippen LogP contribution in [-0.2, 0) is 0 Å². The Labute approximate surface area is 102 Å². The summed E-state index contributed by atoms with van der Waals surface area (Å²) in [5.41, 5.74) is 3.84. The highest BCUT2D eigenvalue weighted by molar-refractivity contribution is 5.87.